The Bertz CT molecular complexity index is 528. The third kappa shape index (κ3) is 1.44. The largest absolute Gasteiger partial charge is 0.496 e. The standard InChI is InChI=1S/C11H11NO3/c1-6-5-12-9-4-10(15-2)8(11(13)14)3-7(6)9/h3-5,12H,1-2H3,(H,13,14). The molecule has 15 heavy (non-hydrogen) atoms. The van der Waals surface area contributed by atoms with Crippen molar-refractivity contribution in [2.24, 2.45) is 0 Å². The number of H-pyrrole nitrogens is 1. The Morgan fingerprint density at radius 3 is 2.80 bits per heavy atom. The molecule has 4 heteroatoms. The normalized spacial score (nSPS) is 10.5. The van der Waals surface area contributed by atoms with Gasteiger partial charge >= 0.3 is 5.97 Å². The van der Waals surface area contributed by atoms with Gasteiger partial charge in [-0.15, -0.1) is 0 Å². The van der Waals surface area contributed by atoms with Crippen LogP contribution in [0, 0.1) is 6.92 Å². The molecule has 1 heterocycles. The van der Waals surface area contributed by atoms with Gasteiger partial charge in [-0.25, -0.2) is 4.79 Å². The van der Waals surface area contributed by atoms with Crippen molar-refractivity contribution in [2.75, 3.05) is 7.11 Å². The molecule has 0 saturated carbocycles. The summed E-state index contributed by atoms with van der Waals surface area (Å²) in [6.07, 6.45) is 1.84. The molecule has 2 aromatic rings. The molecule has 0 amide bonds. The lowest BCUT2D eigenvalue weighted by Crippen LogP contribution is -2.00. The fraction of sp³-hybridized carbons (Fsp3) is 0.182. The fourth-order valence-corrected chi connectivity index (χ4v) is 1.63. The van der Waals surface area contributed by atoms with Crippen LogP contribution in [0.1, 0.15) is 15.9 Å². The van der Waals surface area contributed by atoms with Gasteiger partial charge in [-0.3, -0.25) is 0 Å². The molecule has 2 rings (SSSR count). The highest BCUT2D eigenvalue weighted by molar-refractivity contribution is 5.97. The van der Waals surface area contributed by atoms with Crippen LogP contribution in [-0.4, -0.2) is 23.2 Å². The third-order valence-corrected chi connectivity index (χ3v) is 2.44. The number of benzene rings is 1. The summed E-state index contributed by atoms with van der Waals surface area (Å²) in [5.74, 6) is -0.605. The van der Waals surface area contributed by atoms with E-state index in [1.165, 1.54) is 7.11 Å². The number of rotatable bonds is 2. The highest BCUT2D eigenvalue weighted by Crippen LogP contribution is 2.27. The summed E-state index contributed by atoms with van der Waals surface area (Å²) >= 11 is 0. The summed E-state index contributed by atoms with van der Waals surface area (Å²) < 4.78 is 5.02. The zero-order valence-electron chi connectivity index (χ0n) is 8.50. The predicted octanol–water partition coefficient (Wildman–Crippen LogP) is 2.18. The molecule has 0 unspecified atom stereocenters. The smallest absolute Gasteiger partial charge is 0.339 e. The van der Waals surface area contributed by atoms with Crippen molar-refractivity contribution >= 4 is 16.9 Å². The molecule has 0 fully saturated rings. The van der Waals surface area contributed by atoms with Crippen LogP contribution in [0.5, 0.6) is 5.75 Å². The topological polar surface area (TPSA) is 62.3 Å². The number of carboxylic acids is 1. The lowest BCUT2D eigenvalue weighted by molar-refractivity contribution is 0.0693. The van der Waals surface area contributed by atoms with Crippen LogP contribution in [0.15, 0.2) is 18.3 Å². The molecule has 78 valence electrons. The summed E-state index contributed by atoms with van der Waals surface area (Å²) in [6.45, 7) is 1.93. The van der Waals surface area contributed by atoms with Gasteiger partial charge in [-0.2, -0.15) is 0 Å². The zero-order valence-corrected chi connectivity index (χ0v) is 8.50. The zero-order chi connectivity index (χ0) is 11.0. The molecular formula is C11H11NO3. The number of hydrogen-bond acceptors (Lipinski definition) is 2. The van der Waals surface area contributed by atoms with Crippen molar-refractivity contribution in [1.82, 2.24) is 4.98 Å². The SMILES string of the molecule is COc1cc2[nH]cc(C)c2cc1C(=O)O. The number of hydrogen-bond donors (Lipinski definition) is 2. The molecule has 2 N–H and O–H groups in total. The van der Waals surface area contributed by atoms with E-state index in [9.17, 15) is 4.79 Å². The number of nitrogens with one attached hydrogen (secondary N) is 1. The minimum Gasteiger partial charge on any atom is -0.496 e. The molecular weight excluding hydrogens is 194 g/mol. The number of aromatic amines is 1. The second-order valence-corrected chi connectivity index (χ2v) is 3.37. The number of ether oxygens (including phenoxy) is 1. The van der Waals surface area contributed by atoms with Crippen LogP contribution in [-0.2, 0) is 0 Å². The van der Waals surface area contributed by atoms with Crippen LogP contribution >= 0.6 is 0 Å². The van der Waals surface area contributed by atoms with Gasteiger partial charge in [0.05, 0.1) is 7.11 Å². The highest BCUT2D eigenvalue weighted by Gasteiger charge is 2.13. The van der Waals surface area contributed by atoms with E-state index in [4.69, 9.17) is 9.84 Å². The van der Waals surface area contributed by atoms with Crippen LogP contribution in [0.4, 0.5) is 0 Å². The number of carbonyl (C=O) groups is 1. The summed E-state index contributed by atoms with van der Waals surface area (Å²) in [7, 11) is 1.46. The maximum atomic E-state index is 11.0. The maximum Gasteiger partial charge on any atom is 0.339 e. The first kappa shape index (κ1) is 9.58. The quantitative estimate of drug-likeness (QED) is 0.789. The molecule has 1 aromatic carbocycles. The van der Waals surface area contributed by atoms with Crippen LogP contribution in [0.25, 0.3) is 10.9 Å². The van der Waals surface area contributed by atoms with Gasteiger partial charge in [-0.05, 0) is 18.6 Å². The minimum absolute atomic E-state index is 0.188. The van der Waals surface area contributed by atoms with E-state index >= 15 is 0 Å². The Morgan fingerprint density at radius 2 is 2.20 bits per heavy atom. The van der Waals surface area contributed by atoms with Crippen molar-refractivity contribution in [3.8, 4) is 5.75 Å². The van der Waals surface area contributed by atoms with Crippen LogP contribution < -0.4 is 4.74 Å². The second-order valence-electron chi connectivity index (χ2n) is 3.37. The van der Waals surface area contributed by atoms with Gasteiger partial charge < -0.3 is 14.8 Å². The first-order valence-corrected chi connectivity index (χ1v) is 4.52. The van der Waals surface area contributed by atoms with Crippen molar-refractivity contribution in [3.05, 3.63) is 29.5 Å². The molecule has 1 aromatic heterocycles. The number of aryl methyl sites for hydroxylation is 1. The molecule has 4 nitrogen and oxygen atoms in total. The van der Waals surface area contributed by atoms with Crippen molar-refractivity contribution in [1.29, 1.82) is 0 Å². The number of aromatic carboxylic acids is 1. The Balaban J connectivity index is 2.77. The first-order chi connectivity index (χ1) is 7.13. The number of carboxylic acid groups (broad SMARTS) is 1. The molecule has 0 spiro atoms. The Hall–Kier alpha value is -1.97. The second kappa shape index (κ2) is 3.31. The number of fused-ring (bicyclic) bond motifs is 1. The predicted molar refractivity (Wildman–Crippen MR) is 56.5 cm³/mol. The van der Waals surface area contributed by atoms with Crippen molar-refractivity contribution in [2.45, 2.75) is 6.92 Å². The molecule has 0 aliphatic carbocycles. The molecule has 0 radical (unpaired) electrons. The lowest BCUT2D eigenvalue weighted by Gasteiger charge is -2.04. The fourth-order valence-electron chi connectivity index (χ4n) is 1.63. The van der Waals surface area contributed by atoms with Gasteiger partial charge in [0.15, 0.2) is 0 Å². The van der Waals surface area contributed by atoms with E-state index in [1.807, 2.05) is 13.1 Å². The summed E-state index contributed by atoms with van der Waals surface area (Å²) in [4.78, 5) is 14.0. The first-order valence-electron chi connectivity index (χ1n) is 4.52. The number of aromatic nitrogens is 1. The number of methoxy groups -OCH3 is 1. The van der Waals surface area contributed by atoms with E-state index in [2.05, 4.69) is 4.98 Å². The van der Waals surface area contributed by atoms with Gasteiger partial charge in [0.1, 0.15) is 11.3 Å². The van der Waals surface area contributed by atoms with Gasteiger partial charge in [0, 0.05) is 23.2 Å². The molecule has 0 aliphatic heterocycles. The van der Waals surface area contributed by atoms with Crippen molar-refractivity contribution < 1.29 is 14.6 Å². The monoisotopic (exact) mass is 205 g/mol. The van der Waals surface area contributed by atoms with Crippen LogP contribution in [0.2, 0.25) is 0 Å². The van der Waals surface area contributed by atoms with E-state index in [1.54, 1.807) is 12.1 Å². The minimum atomic E-state index is -0.977. The summed E-state index contributed by atoms with van der Waals surface area (Å²) in [6, 6.07) is 3.33. The Kier molecular flexibility index (Phi) is 2.11. The highest BCUT2D eigenvalue weighted by atomic mass is 16.5. The van der Waals surface area contributed by atoms with E-state index in [0.717, 1.165) is 16.5 Å². The molecule has 0 saturated heterocycles. The van der Waals surface area contributed by atoms with E-state index in [-0.39, 0.29) is 5.56 Å². The Labute approximate surface area is 86.5 Å². The van der Waals surface area contributed by atoms with Gasteiger partial charge in [0.25, 0.3) is 0 Å². The third-order valence-electron chi connectivity index (χ3n) is 2.44. The van der Waals surface area contributed by atoms with E-state index < -0.39 is 5.97 Å². The summed E-state index contributed by atoms with van der Waals surface area (Å²) in [5.41, 5.74) is 2.09. The van der Waals surface area contributed by atoms with Gasteiger partial charge in [0.2, 0.25) is 0 Å². The average Bonchev–Trinajstić information content (AvgIpc) is 2.58. The lowest BCUT2D eigenvalue weighted by atomic mass is 10.1. The Morgan fingerprint density at radius 1 is 1.47 bits per heavy atom. The maximum absolute atomic E-state index is 11.0. The molecule has 0 aliphatic rings. The van der Waals surface area contributed by atoms with Gasteiger partial charge in [-0.1, -0.05) is 0 Å². The van der Waals surface area contributed by atoms with Crippen LogP contribution in [0.3, 0.4) is 0 Å². The summed E-state index contributed by atoms with van der Waals surface area (Å²) in [5, 5.41) is 9.90. The molecule has 0 atom stereocenters. The van der Waals surface area contributed by atoms with Crippen molar-refractivity contribution in [3.63, 3.8) is 0 Å². The van der Waals surface area contributed by atoms with E-state index in [0.29, 0.717) is 5.75 Å². The molecule has 0 bridgehead atoms. The average molecular weight is 205 g/mol.